The maximum Gasteiger partial charge on any atom is 0.334 e. The Morgan fingerprint density at radius 3 is 2.71 bits per heavy atom. The topological polar surface area (TPSA) is 71.1 Å². The van der Waals surface area contributed by atoms with Gasteiger partial charge in [0.2, 0.25) is 0 Å². The van der Waals surface area contributed by atoms with E-state index in [2.05, 4.69) is 12.7 Å². The number of carbonyl (C=O) groups excluding carboxylic acids is 2. The third-order valence-electron chi connectivity index (χ3n) is 6.05. The van der Waals surface area contributed by atoms with Gasteiger partial charge in [0.25, 0.3) is 0 Å². The van der Waals surface area contributed by atoms with Crippen LogP contribution in [-0.4, -0.2) is 35.9 Å². The lowest BCUT2D eigenvalue weighted by atomic mass is 9.85. The molecule has 0 aromatic rings. The van der Waals surface area contributed by atoms with E-state index in [1.165, 1.54) is 6.92 Å². The average Bonchev–Trinajstić information content (AvgIpc) is 2.89. The summed E-state index contributed by atoms with van der Waals surface area (Å²) in [5.74, 6) is -0.753. The molecule has 0 aromatic heterocycles. The maximum atomic E-state index is 12.0. The lowest BCUT2D eigenvalue weighted by Crippen LogP contribution is -2.49. The van der Waals surface area contributed by atoms with Crippen molar-refractivity contribution in [1.29, 1.82) is 0 Å². The molecule has 3 aliphatic heterocycles. The molecule has 4 rings (SSSR count). The fraction of sp³-hybridized carbons (Fsp3) is 0.636. The summed E-state index contributed by atoms with van der Waals surface area (Å²) in [7, 11) is 0. The van der Waals surface area contributed by atoms with Crippen LogP contribution in [0.25, 0.3) is 0 Å². The van der Waals surface area contributed by atoms with Crippen LogP contribution in [0.5, 0.6) is 0 Å². The highest BCUT2D eigenvalue weighted by Crippen LogP contribution is 2.38. The number of allylic oxidation sites excluding steroid dienone is 2. The van der Waals surface area contributed by atoms with Crippen molar-refractivity contribution >= 4 is 11.9 Å². The van der Waals surface area contributed by atoms with E-state index in [0.29, 0.717) is 24.8 Å². The van der Waals surface area contributed by atoms with E-state index in [1.807, 2.05) is 26.8 Å². The van der Waals surface area contributed by atoms with Gasteiger partial charge in [-0.3, -0.25) is 4.79 Å². The van der Waals surface area contributed by atoms with Crippen molar-refractivity contribution in [2.24, 2.45) is 5.92 Å². The first-order valence-electron chi connectivity index (χ1n) is 9.95. The normalized spacial score (nSPS) is 40.4. The number of rotatable bonds is 1. The summed E-state index contributed by atoms with van der Waals surface area (Å²) in [6.07, 6.45) is 6.66. The number of hydrogen-bond donors (Lipinski definition) is 0. The van der Waals surface area contributed by atoms with Crippen LogP contribution in [0.4, 0.5) is 0 Å². The Hall–Kier alpha value is -1.92. The minimum absolute atomic E-state index is 0.0839. The minimum atomic E-state index is -0.691. The highest BCUT2D eigenvalue weighted by molar-refractivity contribution is 5.91. The van der Waals surface area contributed by atoms with Crippen LogP contribution < -0.4 is 0 Å². The minimum Gasteiger partial charge on any atom is -0.459 e. The molecule has 2 fully saturated rings. The van der Waals surface area contributed by atoms with Crippen LogP contribution in [0.2, 0.25) is 0 Å². The monoisotopic (exact) mass is 390 g/mol. The van der Waals surface area contributed by atoms with E-state index in [4.69, 9.17) is 19.2 Å². The molecule has 6 heteroatoms. The van der Waals surface area contributed by atoms with Gasteiger partial charge < -0.3 is 9.47 Å². The number of ether oxygens (including phenoxy) is 2. The second kappa shape index (κ2) is 8.21. The first-order chi connectivity index (χ1) is 13.2. The number of esters is 2. The summed E-state index contributed by atoms with van der Waals surface area (Å²) < 4.78 is 11.1. The Kier molecular flexibility index (Phi) is 6.10. The molecule has 28 heavy (non-hydrogen) atoms. The predicted octanol–water partition coefficient (Wildman–Crippen LogP) is 3.96. The van der Waals surface area contributed by atoms with Gasteiger partial charge in [0, 0.05) is 18.4 Å². The third kappa shape index (κ3) is 4.39. The summed E-state index contributed by atoms with van der Waals surface area (Å²) >= 11 is 0. The highest BCUT2D eigenvalue weighted by atomic mass is 17.2. The zero-order valence-electron chi connectivity index (χ0n) is 17.2. The van der Waals surface area contributed by atoms with Crippen molar-refractivity contribution < 1.29 is 28.8 Å². The largest absolute Gasteiger partial charge is 0.459 e. The van der Waals surface area contributed by atoms with Gasteiger partial charge in [-0.2, -0.15) is 0 Å². The van der Waals surface area contributed by atoms with Gasteiger partial charge in [-0.25, -0.2) is 14.6 Å². The van der Waals surface area contributed by atoms with E-state index < -0.39 is 11.7 Å². The van der Waals surface area contributed by atoms with Gasteiger partial charge in [-0.15, -0.1) is 0 Å². The molecule has 3 heterocycles. The van der Waals surface area contributed by atoms with E-state index in [1.54, 1.807) is 0 Å². The Balaban J connectivity index is 1.91. The zero-order valence-corrected chi connectivity index (χ0v) is 17.2. The molecule has 0 amide bonds. The third-order valence-corrected chi connectivity index (χ3v) is 6.05. The highest BCUT2D eigenvalue weighted by Gasteiger charge is 2.44. The van der Waals surface area contributed by atoms with E-state index in [9.17, 15) is 9.59 Å². The Bertz CT molecular complexity index is 711. The molecule has 0 N–H and O–H groups in total. The SMILES string of the molecule is C=C1C(=O)O[C@H]2/C=C(/C)CC[C@H](OC(C)=O)[C@@]3(C)CC[C@H](OO3)/C(C)=C\C[C@@H]12. The van der Waals surface area contributed by atoms with E-state index >= 15 is 0 Å². The van der Waals surface area contributed by atoms with Gasteiger partial charge >= 0.3 is 11.9 Å². The molecule has 2 saturated heterocycles. The van der Waals surface area contributed by atoms with Crippen LogP contribution >= 0.6 is 0 Å². The molecule has 4 aliphatic rings. The second-order valence-corrected chi connectivity index (χ2v) is 8.35. The number of hydrogen-bond acceptors (Lipinski definition) is 6. The van der Waals surface area contributed by atoms with E-state index in [-0.39, 0.29) is 30.1 Å². The summed E-state index contributed by atoms with van der Waals surface area (Å²) in [5.41, 5.74) is 1.94. The van der Waals surface area contributed by atoms with Crippen molar-refractivity contribution in [3.05, 3.63) is 35.5 Å². The Morgan fingerprint density at radius 2 is 2.07 bits per heavy atom. The lowest BCUT2D eigenvalue weighted by molar-refractivity contribution is -0.412. The Morgan fingerprint density at radius 1 is 1.32 bits per heavy atom. The Labute approximate surface area is 166 Å². The molecule has 0 spiro atoms. The molecule has 5 atom stereocenters. The molecule has 0 aromatic carbocycles. The molecular formula is C22H30O6. The molecule has 2 bridgehead atoms. The summed E-state index contributed by atoms with van der Waals surface area (Å²) in [6, 6.07) is 0. The average molecular weight is 390 g/mol. The molecule has 1 aliphatic carbocycles. The quantitative estimate of drug-likeness (QED) is 0.292. The van der Waals surface area contributed by atoms with Crippen molar-refractivity contribution in [2.75, 3.05) is 0 Å². The first kappa shape index (κ1) is 20.8. The predicted molar refractivity (Wildman–Crippen MR) is 103 cm³/mol. The number of carbonyl (C=O) groups is 2. The maximum absolute atomic E-state index is 12.0. The molecule has 154 valence electrons. The standard InChI is InChI=1S/C22H30O6/c1-13-6-9-20(25-16(4)23)22(5)11-10-18(27-28-22)14(2)7-8-17-15(3)21(24)26-19(17)12-13/h7,12,17-20H,3,6,8-11H2,1-2,4-5H3/b13-12-,14-7-/t17-,18-,19-,20-,22+/m0/s1. The smallest absolute Gasteiger partial charge is 0.334 e. The van der Waals surface area contributed by atoms with Crippen molar-refractivity contribution in [2.45, 2.75) is 83.7 Å². The fourth-order valence-corrected chi connectivity index (χ4v) is 4.11. The van der Waals surface area contributed by atoms with Crippen LogP contribution in [0, 0.1) is 5.92 Å². The van der Waals surface area contributed by atoms with Crippen LogP contribution in [0.3, 0.4) is 0 Å². The zero-order chi connectivity index (χ0) is 20.5. The van der Waals surface area contributed by atoms with Gasteiger partial charge in [-0.1, -0.05) is 18.2 Å². The van der Waals surface area contributed by atoms with Crippen molar-refractivity contribution in [3.8, 4) is 0 Å². The van der Waals surface area contributed by atoms with Crippen LogP contribution in [0.1, 0.15) is 59.8 Å². The van der Waals surface area contributed by atoms with Crippen LogP contribution in [0.15, 0.2) is 35.5 Å². The lowest BCUT2D eigenvalue weighted by Gasteiger charge is -2.41. The van der Waals surface area contributed by atoms with Gasteiger partial charge in [-0.05, 0) is 64.5 Å². The van der Waals surface area contributed by atoms with Crippen molar-refractivity contribution in [1.82, 2.24) is 0 Å². The molecule has 0 saturated carbocycles. The summed E-state index contributed by atoms with van der Waals surface area (Å²) in [6.45, 7) is 11.3. The van der Waals surface area contributed by atoms with Gasteiger partial charge in [0.05, 0.1) is 0 Å². The summed E-state index contributed by atoms with van der Waals surface area (Å²) in [5, 5.41) is 0. The first-order valence-corrected chi connectivity index (χ1v) is 9.95. The fourth-order valence-electron chi connectivity index (χ4n) is 4.11. The summed E-state index contributed by atoms with van der Waals surface area (Å²) in [4.78, 5) is 35.2. The van der Waals surface area contributed by atoms with Crippen LogP contribution in [-0.2, 0) is 28.8 Å². The number of fused-ring (bicyclic) bond motifs is 6. The van der Waals surface area contributed by atoms with Gasteiger partial charge in [0.1, 0.15) is 23.9 Å². The molecule has 0 unspecified atom stereocenters. The molecular weight excluding hydrogens is 360 g/mol. The molecule has 0 radical (unpaired) electrons. The molecule has 6 nitrogen and oxygen atoms in total. The van der Waals surface area contributed by atoms with Gasteiger partial charge in [0.15, 0.2) is 0 Å². The van der Waals surface area contributed by atoms with E-state index in [0.717, 1.165) is 24.0 Å². The second-order valence-electron chi connectivity index (χ2n) is 8.35. The van der Waals surface area contributed by atoms with Crippen molar-refractivity contribution in [3.63, 3.8) is 0 Å².